The van der Waals surface area contributed by atoms with Crippen molar-refractivity contribution in [1.82, 2.24) is 4.83 Å². The number of nitrogens with zero attached hydrogens (tertiary/aromatic N) is 1. The Morgan fingerprint density at radius 3 is 1.96 bits per heavy atom. The molecule has 0 atom stereocenters. The summed E-state index contributed by atoms with van der Waals surface area (Å²) >= 11 is 0. The first-order valence-electron chi connectivity index (χ1n) is 8.57. The van der Waals surface area contributed by atoms with Crippen LogP contribution in [0.15, 0.2) is 88.9 Å². The van der Waals surface area contributed by atoms with E-state index in [0.29, 0.717) is 0 Å². The molecule has 4 nitrogen and oxygen atoms in total. The van der Waals surface area contributed by atoms with Crippen molar-refractivity contribution in [2.45, 2.75) is 11.8 Å². The van der Waals surface area contributed by atoms with Crippen molar-refractivity contribution in [3.8, 4) is 0 Å². The summed E-state index contributed by atoms with van der Waals surface area (Å²) in [5, 5.41) is 8.26. The SMILES string of the molecule is Cc1ccc(S(=O)(=O)N/N=C\c2c3ccccc3cc3ccccc23)cc1. The Labute approximate surface area is 158 Å². The third kappa shape index (κ3) is 3.41. The number of aryl methyl sites for hydroxylation is 1. The lowest BCUT2D eigenvalue weighted by Crippen LogP contribution is -2.18. The van der Waals surface area contributed by atoms with Gasteiger partial charge >= 0.3 is 0 Å². The molecule has 0 spiro atoms. The molecule has 27 heavy (non-hydrogen) atoms. The minimum atomic E-state index is -3.70. The zero-order valence-electron chi connectivity index (χ0n) is 14.8. The predicted molar refractivity (Wildman–Crippen MR) is 111 cm³/mol. The van der Waals surface area contributed by atoms with E-state index in [1.54, 1.807) is 30.5 Å². The van der Waals surface area contributed by atoms with Crippen molar-refractivity contribution in [1.29, 1.82) is 0 Å². The minimum Gasteiger partial charge on any atom is -0.200 e. The molecule has 0 aliphatic carbocycles. The average molecular weight is 374 g/mol. The van der Waals surface area contributed by atoms with Gasteiger partial charge in [0.1, 0.15) is 0 Å². The number of rotatable bonds is 4. The van der Waals surface area contributed by atoms with Crippen LogP contribution < -0.4 is 4.83 Å². The number of benzene rings is 4. The molecule has 5 heteroatoms. The third-order valence-corrected chi connectivity index (χ3v) is 5.75. The van der Waals surface area contributed by atoms with E-state index < -0.39 is 10.0 Å². The van der Waals surface area contributed by atoms with E-state index >= 15 is 0 Å². The summed E-state index contributed by atoms with van der Waals surface area (Å²) in [6, 6.07) is 24.8. The molecule has 0 saturated heterocycles. The molecule has 4 rings (SSSR count). The topological polar surface area (TPSA) is 58.5 Å². The van der Waals surface area contributed by atoms with Gasteiger partial charge in [-0.3, -0.25) is 0 Å². The van der Waals surface area contributed by atoms with Gasteiger partial charge in [0.05, 0.1) is 11.1 Å². The fraction of sp³-hybridized carbons (Fsp3) is 0.0455. The van der Waals surface area contributed by atoms with Gasteiger partial charge in [0, 0.05) is 5.56 Å². The van der Waals surface area contributed by atoms with Crippen LogP contribution in [0.1, 0.15) is 11.1 Å². The maximum atomic E-state index is 12.4. The van der Waals surface area contributed by atoms with Gasteiger partial charge in [-0.1, -0.05) is 66.2 Å². The second kappa shape index (κ2) is 6.85. The van der Waals surface area contributed by atoms with Gasteiger partial charge in [0.25, 0.3) is 10.0 Å². The molecule has 0 unspecified atom stereocenters. The number of nitrogens with one attached hydrogen (secondary N) is 1. The van der Waals surface area contributed by atoms with Crippen LogP contribution in [0.5, 0.6) is 0 Å². The first kappa shape index (κ1) is 17.2. The van der Waals surface area contributed by atoms with Gasteiger partial charge in [-0.05, 0) is 46.7 Å². The number of sulfonamides is 1. The molecule has 0 aliphatic heterocycles. The second-order valence-electron chi connectivity index (χ2n) is 6.40. The highest BCUT2D eigenvalue weighted by Gasteiger charge is 2.12. The van der Waals surface area contributed by atoms with Crippen LogP contribution in [0.3, 0.4) is 0 Å². The van der Waals surface area contributed by atoms with Gasteiger partial charge < -0.3 is 0 Å². The summed E-state index contributed by atoms with van der Waals surface area (Å²) in [4.78, 5) is 2.50. The summed E-state index contributed by atoms with van der Waals surface area (Å²) in [5.74, 6) is 0. The summed E-state index contributed by atoms with van der Waals surface area (Å²) < 4.78 is 24.9. The number of fused-ring (bicyclic) bond motifs is 2. The molecule has 0 bridgehead atoms. The van der Waals surface area contributed by atoms with E-state index in [1.165, 1.54) is 0 Å². The van der Waals surface area contributed by atoms with E-state index in [0.717, 1.165) is 32.7 Å². The van der Waals surface area contributed by atoms with E-state index in [2.05, 4.69) is 16.0 Å². The molecular weight excluding hydrogens is 356 g/mol. The lowest BCUT2D eigenvalue weighted by Gasteiger charge is -2.08. The quantitative estimate of drug-likeness (QED) is 0.322. The highest BCUT2D eigenvalue weighted by atomic mass is 32.2. The van der Waals surface area contributed by atoms with Crippen molar-refractivity contribution >= 4 is 37.8 Å². The van der Waals surface area contributed by atoms with E-state index in [1.807, 2.05) is 55.5 Å². The minimum absolute atomic E-state index is 0.188. The maximum absolute atomic E-state index is 12.4. The van der Waals surface area contributed by atoms with E-state index in [-0.39, 0.29) is 4.90 Å². The first-order valence-corrected chi connectivity index (χ1v) is 10.0. The highest BCUT2D eigenvalue weighted by molar-refractivity contribution is 7.89. The molecule has 134 valence electrons. The predicted octanol–water partition coefficient (Wildman–Crippen LogP) is 4.61. The number of hydrogen-bond donors (Lipinski definition) is 1. The standard InChI is InChI=1S/C22H18N2O2S/c1-16-10-12-19(13-11-16)27(25,26)24-23-15-22-20-8-4-2-6-17(20)14-18-7-3-5-9-21(18)22/h2-15,24H,1H3/b23-15-. The largest absolute Gasteiger partial charge is 0.276 e. The van der Waals surface area contributed by atoms with E-state index in [4.69, 9.17) is 0 Å². The fourth-order valence-electron chi connectivity index (χ4n) is 3.12. The molecule has 0 aromatic heterocycles. The molecule has 0 fully saturated rings. The molecule has 0 aliphatic rings. The summed E-state index contributed by atoms with van der Waals surface area (Å²) in [5.41, 5.74) is 1.88. The van der Waals surface area contributed by atoms with Crippen molar-refractivity contribution in [2.24, 2.45) is 5.10 Å². The molecule has 0 saturated carbocycles. The van der Waals surface area contributed by atoms with Crippen LogP contribution in [0.25, 0.3) is 21.5 Å². The lowest BCUT2D eigenvalue weighted by molar-refractivity contribution is 0.584. The van der Waals surface area contributed by atoms with Crippen LogP contribution in [0.2, 0.25) is 0 Å². The van der Waals surface area contributed by atoms with Gasteiger partial charge in [-0.2, -0.15) is 13.5 Å². The fourth-order valence-corrected chi connectivity index (χ4v) is 3.91. The van der Waals surface area contributed by atoms with Crippen LogP contribution in [-0.2, 0) is 10.0 Å². The monoisotopic (exact) mass is 374 g/mol. The second-order valence-corrected chi connectivity index (χ2v) is 8.06. The van der Waals surface area contributed by atoms with Crippen LogP contribution >= 0.6 is 0 Å². The summed E-state index contributed by atoms with van der Waals surface area (Å²) in [6.07, 6.45) is 1.58. The average Bonchev–Trinajstić information content (AvgIpc) is 2.67. The Hall–Kier alpha value is -3.18. The van der Waals surface area contributed by atoms with Gasteiger partial charge in [0.2, 0.25) is 0 Å². The van der Waals surface area contributed by atoms with Crippen LogP contribution in [-0.4, -0.2) is 14.6 Å². The molecule has 0 heterocycles. The Balaban J connectivity index is 1.75. The zero-order valence-corrected chi connectivity index (χ0v) is 15.6. The van der Waals surface area contributed by atoms with Crippen LogP contribution in [0.4, 0.5) is 0 Å². The van der Waals surface area contributed by atoms with Crippen molar-refractivity contribution in [3.05, 3.63) is 90.0 Å². The Morgan fingerprint density at radius 2 is 1.37 bits per heavy atom. The van der Waals surface area contributed by atoms with Crippen molar-refractivity contribution in [3.63, 3.8) is 0 Å². The third-order valence-electron chi connectivity index (χ3n) is 4.51. The molecule has 0 radical (unpaired) electrons. The highest BCUT2D eigenvalue weighted by Crippen LogP contribution is 2.27. The van der Waals surface area contributed by atoms with Gasteiger partial charge in [-0.15, -0.1) is 0 Å². The smallest absolute Gasteiger partial charge is 0.200 e. The van der Waals surface area contributed by atoms with Gasteiger partial charge in [0.15, 0.2) is 0 Å². The molecule has 4 aromatic rings. The lowest BCUT2D eigenvalue weighted by atomic mass is 9.97. The number of hydrazone groups is 1. The Kier molecular flexibility index (Phi) is 4.38. The zero-order chi connectivity index (χ0) is 18.9. The van der Waals surface area contributed by atoms with Crippen LogP contribution in [0, 0.1) is 6.92 Å². The normalized spacial score (nSPS) is 12.0. The summed E-state index contributed by atoms with van der Waals surface area (Å²) in [7, 11) is -3.70. The first-order chi connectivity index (χ1) is 13.0. The number of hydrogen-bond acceptors (Lipinski definition) is 3. The van der Waals surface area contributed by atoms with E-state index in [9.17, 15) is 8.42 Å². The molecule has 4 aromatic carbocycles. The molecule has 0 amide bonds. The van der Waals surface area contributed by atoms with Crippen molar-refractivity contribution < 1.29 is 8.42 Å². The molecular formula is C22H18N2O2S. The van der Waals surface area contributed by atoms with Gasteiger partial charge in [-0.25, -0.2) is 4.83 Å². The summed E-state index contributed by atoms with van der Waals surface area (Å²) in [6.45, 7) is 1.91. The Morgan fingerprint density at radius 1 is 0.815 bits per heavy atom. The maximum Gasteiger partial charge on any atom is 0.276 e. The van der Waals surface area contributed by atoms with Crippen molar-refractivity contribution in [2.75, 3.05) is 0 Å². The Bertz CT molecular complexity index is 1210. The molecule has 1 N–H and O–H groups in total.